The summed E-state index contributed by atoms with van der Waals surface area (Å²) in [5.41, 5.74) is 5.57. The maximum Gasteiger partial charge on any atom is 0.258 e. The number of aromatic nitrogens is 3. The summed E-state index contributed by atoms with van der Waals surface area (Å²) in [5.74, 6) is 0.252. The number of carbonyl (C=O) groups excluding carboxylic acids is 1. The highest BCUT2D eigenvalue weighted by Gasteiger charge is 2.11. The molecule has 0 aliphatic rings. The van der Waals surface area contributed by atoms with Crippen LogP contribution in [0.25, 0.3) is 0 Å². The third-order valence-corrected chi connectivity index (χ3v) is 4.03. The van der Waals surface area contributed by atoms with Crippen molar-refractivity contribution in [1.82, 2.24) is 15.0 Å². The highest BCUT2D eigenvalue weighted by molar-refractivity contribution is 6.04. The second-order valence-electron chi connectivity index (χ2n) is 6.23. The van der Waals surface area contributed by atoms with Crippen LogP contribution in [0.2, 0.25) is 0 Å². The van der Waals surface area contributed by atoms with Crippen LogP contribution in [0, 0.1) is 20.8 Å². The molecule has 2 N–H and O–H groups in total. The van der Waals surface area contributed by atoms with E-state index in [0.717, 1.165) is 22.4 Å². The number of pyridine rings is 1. The predicted octanol–water partition coefficient (Wildman–Crippen LogP) is 3.66. The van der Waals surface area contributed by atoms with Crippen molar-refractivity contribution >= 4 is 17.5 Å². The van der Waals surface area contributed by atoms with E-state index >= 15 is 0 Å². The average Bonchev–Trinajstić information content (AvgIpc) is 2.64. The Morgan fingerprint density at radius 3 is 2.23 bits per heavy atom. The first-order valence-electron chi connectivity index (χ1n) is 8.37. The van der Waals surface area contributed by atoms with Gasteiger partial charge < -0.3 is 10.6 Å². The van der Waals surface area contributed by atoms with Crippen LogP contribution >= 0.6 is 0 Å². The number of nitrogens with zero attached hydrogens (tertiary/aromatic N) is 3. The van der Waals surface area contributed by atoms with Crippen molar-refractivity contribution in [2.45, 2.75) is 27.3 Å². The predicted molar refractivity (Wildman–Crippen MR) is 102 cm³/mol. The molecular weight excluding hydrogens is 326 g/mol. The molecule has 0 atom stereocenters. The molecule has 2 heterocycles. The second-order valence-corrected chi connectivity index (χ2v) is 6.23. The van der Waals surface area contributed by atoms with Crippen molar-refractivity contribution in [3.63, 3.8) is 0 Å². The summed E-state index contributed by atoms with van der Waals surface area (Å²) in [4.78, 5) is 24.9. The van der Waals surface area contributed by atoms with E-state index in [2.05, 4.69) is 25.6 Å². The summed E-state index contributed by atoms with van der Waals surface area (Å²) in [5, 5.41) is 6.07. The van der Waals surface area contributed by atoms with Gasteiger partial charge in [0, 0.05) is 37.0 Å². The molecule has 0 saturated carbocycles. The van der Waals surface area contributed by atoms with Crippen LogP contribution in [-0.2, 0) is 6.54 Å². The van der Waals surface area contributed by atoms with E-state index in [1.165, 1.54) is 18.0 Å². The van der Waals surface area contributed by atoms with Gasteiger partial charge in [0.25, 0.3) is 5.91 Å². The molecule has 0 bridgehead atoms. The van der Waals surface area contributed by atoms with Gasteiger partial charge in [-0.05, 0) is 49.6 Å². The number of hydrogen-bond acceptors (Lipinski definition) is 5. The Morgan fingerprint density at radius 2 is 1.62 bits per heavy atom. The minimum atomic E-state index is -0.222. The van der Waals surface area contributed by atoms with Crippen LogP contribution in [0.3, 0.4) is 0 Å². The summed E-state index contributed by atoms with van der Waals surface area (Å²) in [7, 11) is 0. The Hall–Kier alpha value is -3.28. The summed E-state index contributed by atoms with van der Waals surface area (Å²) in [6.45, 7) is 6.60. The smallest absolute Gasteiger partial charge is 0.258 e. The molecule has 6 nitrogen and oxygen atoms in total. The van der Waals surface area contributed by atoms with Gasteiger partial charge in [-0.15, -0.1) is 0 Å². The molecule has 1 amide bonds. The summed E-state index contributed by atoms with van der Waals surface area (Å²) >= 11 is 0. The van der Waals surface area contributed by atoms with Crippen molar-refractivity contribution < 1.29 is 4.79 Å². The molecular formula is C20H21N5O. The number of rotatable bonds is 5. The van der Waals surface area contributed by atoms with Crippen LogP contribution in [0.1, 0.15) is 32.6 Å². The molecule has 0 saturated heterocycles. The van der Waals surface area contributed by atoms with Gasteiger partial charge in [0.05, 0.1) is 5.56 Å². The number of carbonyl (C=O) groups is 1. The van der Waals surface area contributed by atoms with E-state index in [1.807, 2.05) is 45.0 Å². The van der Waals surface area contributed by atoms with E-state index in [9.17, 15) is 4.79 Å². The third kappa shape index (κ3) is 4.22. The molecule has 2 aromatic heterocycles. The SMILES string of the molecule is Cc1cc(C)c(NC(=O)c2cnc(NCc3ccncc3)nc2)c(C)c1. The van der Waals surface area contributed by atoms with Crippen LogP contribution in [0.15, 0.2) is 49.1 Å². The van der Waals surface area contributed by atoms with Crippen LogP contribution in [-0.4, -0.2) is 20.9 Å². The van der Waals surface area contributed by atoms with Crippen molar-refractivity contribution in [2.24, 2.45) is 0 Å². The molecule has 132 valence electrons. The van der Waals surface area contributed by atoms with Crippen molar-refractivity contribution in [1.29, 1.82) is 0 Å². The van der Waals surface area contributed by atoms with Gasteiger partial charge in [-0.25, -0.2) is 9.97 Å². The first kappa shape index (κ1) is 17.5. The highest BCUT2D eigenvalue weighted by atomic mass is 16.1. The molecule has 0 fully saturated rings. The molecule has 0 radical (unpaired) electrons. The van der Waals surface area contributed by atoms with Crippen molar-refractivity contribution in [3.8, 4) is 0 Å². The highest BCUT2D eigenvalue weighted by Crippen LogP contribution is 2.22. The quantitative estimate of drug-likeness (QED) is 0.736. The fourth-order valence-corrected chi connectivity index (χ4v) is 2.78. The minimum absolute atomic E-state index is 0.222. The maximum atomic E-state index is 12.5. The van der Waals surface area contributed by atoms with Crippen molar-refractivity contribution in [2.75, 3.05) is 10.6 Å². The number of benzene rings is 1. The fraction of sp³-hybridized carbons (Fsp3) is 0.200. The zero-order valence-corrected chi connectivity index (χ0v) is 15.1. The Kier molecular flexibility index (Phi) is 5.22. The van der Waals surface area contributed by atoms with Gasteiger partial charge in [-0.2, -0.15) is 0 Å². The molecule has 0 aliphatic carbocycles. The van der Waals surface area contributed by atoms with Crippen molar-refractivity contribution in [3.05, 3.63) is 76.9 Å². The van der Waals surface area contributed by atoms with Gasteiger partial charge in [0.1, 0.15) is 0 Å². The van der Waals surface area contributed by atoms with Gasteiger partial charge in [0.15, 0.2) is 0 Å². The molecule has 0 unspecified atom stereocenters. The monoisotopic (exact) mass is 347 g/mol. The number of aryl methyl sites for hydroxylation is 3. The minimum Gasteiger partial charge on any atom is -0.350 e. The molecule has 3 rings (SSSR count). The van der Waals surface area contributed by atoms with Gasteiger partial charge in [-0.3, -0.25) is 9.78 Å². The Balaban J connectivity index is 1.66. The Labute approximate surface area is 152 Å². The first-order valence-corrected chi connectivity index (χ1v) is 8.37. The molecule has 3 aromatic rings. The van der Waals surface area contributed by atoms with Gasteiger partial charge in [0.2, 0.25) is 5.95 Å². The van der Waals surface area contributed by atoms with Crippen LogP contribution < -0.4 is 10.6 Å². The van der Waals surface area contributed by atoms with Gasteiger partial charge >= 0.3 is 0 Å². The van der Waals surface area contributed by atoms with Gasteiger partial charge in [-0.1, -0.05) is 17.7 Å². The third-order valence-electron chi connectivity index (χ3n) is 4.03. The molecule has 0 spiro atoms. The average molecular weight is 347 g/mol. The maximum absolute atomic E-state index is 12.5. The van der Waals surface area contributed by atoms with E-state index in [1.54, 1.807) is 12.4 Å². The first-order chi connectivity index (χ1) is 12.5. The van der Waals surface area contributed by atoms with Crippen LogP contribution in [0.4, 0.5) is 11.6 Å². The van der Waals surface area contributed by atoms with Crippen LogP contribution in [0.5, 0.6) is 0 Å². The Bertz CT molecular complexity index is 884. The normalized spacial score (nSPS) is 10.4. The summed E-state index contributed by atoms with van der Waals surface area (Å²) in [6, 6.07) is 7.93. The lowest BCUT2D eigenvalue weighted by Crippen LogP contribution is -2.15. The fourth-order valence-electron chi connectivity index (χ4n) is 2.78. The van der Waals surface area contributed by atoms with E-state index in [-0.39, 0.29) is 5.91 Å². The number of anilines is 2. The lowest BCUT2D eigenvalue weighted by molar-refractivity contribution is 0.102. The van der Waals surface area contributed by atoms with E-state index in [0.29, 0.717) is 18.1 Å². The molecule has 1 aromatic carbocycles. The second kappa shape index (κ2) is 7.74. The zero-order chi connectivity index (χ0) is 18.5. The molecule has 6 heteroatoms. The lowest BCUT2D eigenvalue weighted by atomic mass is 10.0. The molecule has 0 aliphatic heterocycles. The zero-order valence-electron chi connectivity index (χ0n) is 15.1. The standard InChI is InChI=1S/C20H21N5O/c1-13-8-14(2)18(15(3)9-13)25-19(26)17-11-23-20(24-12-17)22-10-16-4-6-21-7-5-16/h4-9,11-12H,10H2,1-3H3,(H,25,26)(H,22,23,24). The molecule has 26 heavy (non-hydrogen) atoms. The number of amides is 1. The summed E-state index contributed by atoms with van der Waals surface area (Å²) in [6.07, 6.45) is 6.52. The summed E-state index contributed by atoms with van der Waals surface area (Å²) < 4.78 is 0. The Morgan fingerprint density at radius 1 is 1.00 bits per heavy atom. The largest absolute Gasteiger partial charge is 0.350 e. The van der Waals surface area contributed by atoms with E-state index in [4.69, 9.17) is 0 Å². The topological polar surface area (TPSA) is 79.8 Å². The number of nitrogens with one attached hydrogen (secondary N) is 2. The lowest BCUT2D eigenvalue weighted by Gasteiger charge is -2.13. The van der Waals surface area contributed by atoms with E-state index < -0.39 is 0 Å². The number of hydrogen-bond donors (Lipinski definition) is 2.